The van der Waals surface area contributed by atoms with Gasteiger partial charge in [0, 0.05) is 25.9 Å². The number of benzene rings is 1. The first-order valence-electron chi connectivity index (χ1n) is 7.21. The van der Waals surface area contributed by atoms with Crippen molar-refractivity contribution >= 4 is 11.7 Å². The van der Waals surface area contributed by atoms with Gasteiger partial charge in [0.2, 0.25) is 5.91 Å². The first-order valence-corrected chi connectivity index (χ1v) is 7.21. The Bertz CT molecular complexity index is 474. The molecule has 1 aromatic rings. The fourth-order valence-corrected chi connectivity index (χ4v) is 2.35. The molecule has 0 radical (unpaired) electrons. The van der Waals surface area contributed by atoms with Crippen LogP contribution in [0.1, 0.15) is 31.7 Å². The van der Waals surface area contributed by atoms with Gasteiger partial charge in [-0.15, -0.1) is 0 Å². The number of hydrogen-bond acceptors (Lipinski definition) is 3. The summed E-state index contributed by atoms with van der Waals surface area (Å²) in [5.74, 6) is 1.19. The first kappa shape index (κ1) is 14.6. The minimum absolute atomic E-state index is 0.0754. The van der Waals surface area contributed by atoms with Crippen LogP contribution in [0.25, 0.3) is 0 Å². The first-order chi connectivity index (χ1) is 9.70. The zero-order valence-electron chi connectivity index (χ0n) is 11.9. The predicted octanol–water partition coefficient (Wildman–Crippen LogP) is 2.21. The molecule has 0 N–H and O–H groups in total. The minimum atomic E-state index is 0.0754. The molecule has 20 heavy (non-hydrogen) atoms. The number of likely N-dealkylation sites (tertiary alicyclic amines) is 1. The van der Waals surface area contributed by atoms with Crippen LogP contribution in [0, 0.1) is 0 Å². The molecule has 1 aliphatic heterocycles. The van der Waals surface area contributed by atoms with Gasteiger partial charge in [-0.2, -0.15) is 0 Å². The van der Waals surface area contributed by atoms with Crippen molar-refractivity contribution in [3.8, 4) is 5.75 Å². The van der Waals surface area contributed by atoms with E-state index >= 15 is 0 Å². The molecule has 0 saturated carbocycles. The summed E-state index contributed by atoms with van der Waals surface area (Å²) in [6.45, 7) is 3.59. The summed E-state index contributed by atoms with van der Waals surface area (Å²) in [6, 6.07) is 7.89. The van der Waals surface area contributed by atoms with Crippen molar-refractivity contribution in [1.82, 2.24) is 4.90 Å². The molecule has 0 bridgehead atoms. The third-order valence-corrected chi connectivity index (χ3v) is 3.60. The topological polar surface area (TPSA) is 46.6 Å². The monoisotopic (exact) mass is 275 g/mol. The number of amides is 1. The number of carbonyl (C=O) groups is 2. The second-order valence-electron chi connectivity index (χ2n) is 4.98. The molecule has 1 aliphatic rings. The maximum Gasteiger partial charge on any atom is 0.226 e. The van der Waals surface area contributed by atoms with Crippen LogP contribution < -0.4 is 4.74 Å². The fourth-order valence-electron chi connectivity index (χ4n) is 2.35. The van der Waals surface area contributed by atoms with Gasteiger partial charge in [-0.1, -0.05) is 25.1 Å². The molecule has 1 saturated heterocycles. The second kappa shape index (κ2) is 7.08. The van der Waals surface area contributed by atoms with Gasteiger partial charge < -0.3 is 9.64 Å². The predicted molar refractivity (Wildman–Crippen MR) is 76.8 cm³/mol. The number of hydrogen-bond donors (Lipinski definition) is 0. The van der Waals surface area contributed by atoms with Crippen molar-refractivity contribution in [1.29, 1.82) is 0 Å². The van der Waals surface area contributed by atoms with E-state index in [-0.39, 0.29) is 11.7 Å². The van der Waals surface area contributed by atoms with E-state index in [9.17, 15) is 9.59 Å². The highest BCUT2D eigenvalue weighted by molar-refractivity contribution is 5.83. The summed E-state index contributed by atoms with van der Waals surface area (Å²) in [5.41, 5.74) is 1.16. The van der Waals surface area contributed by atoms with E-state index in [1.807, 2.05) is 24.3 Å². The van der Waals surface area contributed by atoms with Crippen molar-refractivity contribution in [2.24, 2.45) is 0 Å². The lowest BCUT2D eigenvalue weighted by Gasteiger charge is -2.26. The number of carbonyl (C=O) groups excluding carboxylic acids is 2. The van der Waals surface area contributed by atoms with Crippen molar-refractivity contribution in [3.05, 3.63) is 29.8 Å². The van der Waals surface area contributed by atoms with Crippen molar-refractivity contribution < 1.29 is 14.3 Å². The molecule has 1 fully saturated rings. The number of Topliss-reactive ketones (excluding diaryl/α,β-unsaturated/α-hetero) is 1. The summed E-state index contributed by atoms with van der Waals surface area (Å²) >= 11 is 0. The molecular weight excluding hydrogens is 254 g/mol. The van der Waals surface area contributed by atoms with Crippen LogP contribution in [0.2, 0.25) is 0 Å². The number of rotatable bonds is 5. The highest BCUT2D eigenvalue weighted by Crippen LogP contribution is 2.18. The smallest absolute Gasteiger partial charge is 0.226 e. The van der Waals surface area contributed by atoms with E-state index < -0.39 is 0 Å². The SMILES string of the molecule is CCc1ccccc1OCCC(=O)N1CCC(=O)CC1. The molecule has 4 heteroatoms. The summed E-state index contributed by atoms with van der Waals surface area (Å²) in [7, 11) is 0. The minimum Gasteiger partial charge on any atom is -0.493 e. The Morgan fingerprint density at radius 2 is 1.95 bits per heavy atom. The summed E-state index contributed by atoms with van der Waals surface area (Å²) in [6.07, 6.45) is 2.27. The van der Waals surface area contributed by atoms with Crippen LogP contribution in [0.5, 0.6) is 5.75 Å². The number of ether oxygens (including phenoxy) is 1. The molecule has 1 heterocycles. The maximum atomic E-state index is 12.0. The fraction of sp³-hybridized carbons (Fsp3) is 0.500. The Morgan fingerprint density at radius 1 is 1.25 bits per heavy atom. The van der Waals surface area contributed by atoms with Gasteiger partial charge in [-0.05, 0) is 18.1 Å². The number of ketones is 1. The molecule has 0 aliphatic carbocycles. The third-order valence-electron chi connectivity index (χ3n) is 3.60. The number of para-hydroxylation sites is 1. The van der Waals surface area contributed by atoms with Gasteiger partial charge in [-0.25, -0.2) is 0 Å². The van der Waals surface area contributed by atoms with E-state index in [0.29, 0.717) is 39.0 Å². The van der Waals surface area contributed by atoms with Gasteiger partial charge in [0.25, 0.3) is 0 Å². The Balaban J connectivity index is 1.78. The standard InChI is InChI=1S/C16H21NO3/c1-2-13-5-3-4-6-15(13)20-12-9-16(19)17-10-7-14(18)8-11-17/h3-6H,2,7-12H2,1H3. The van der Waals surface area contributed by atoms with Gasteiger partial charge in [-0.3, -0.25) is 9.59 Å². The summed E-state index contributed by atoms with van der Waals surface area (Å²) in [4.78, 5) is 24.9. The van der Waals surface area contributed by atoms with Crippen LogP contribution in [0.4, 0.5) is 0 Å². The van der Waals surface area contributed by atoms with Crippen LogP contribution >= 0.6 is 0 Å². The molecule has 0 aromatic heterocycles. The molecule has 0 spiro atoms. The Hall–Kier alpha value is -1.84. The molecule has 4 nitrogen and oxygen atoms in total. The largest absolute Gasteiger partial charge is 0.493 e. The van der Waals surface area contributed by atoms with Crippen LogP contribution in [0.3, 0.4) is 0 Å². The average Bonchev–Trinajstić information content (AvgIpc) is 2.48. The van der Waals surface area contributed by atoms with E-state index in [2.05, 4.69) is 6.92 Å². The number of nitrogens with zero attached hydrogens (tertiary/aromatic N) is 1. The van der Waals surface area contributed by atoms with Crippen molar-refractivity contribution in [3.63, 3.8) is 0 Å². The normalized spacial score (nSPS) is 15.2. The third kappa shape index (κ3) is 3.83. The quantitative estimate of drug-likeness (QED) is 0.827. The Labute approximate surface area is 119 Å². The van der Waals surface area contributed by atoms with Gasteiger partial charge >= 0.3 is 0 Å². The highest BCUT2D eigenvalue weighted by Gasteiger charge is 2.20. The molecule has 0 atom stereocenters. The molecule has 0 unspecified atom stereocenters. The maximum absolute atomic E-state index is 12.0. The van der Waals surface area contributed by atoms with Crippen LogP contribution in [-0.2, 0) is 16.0 Å². The Kier molecular flexibility index (Phi) is 5.16. The lowest BCUT2D eigenvalue weighted by molar-refractivity contribution is -0.134. The number of aryl methyl sites for hydroxylation is 1. The molecule has 2 rings (SSSR count). The lowest BCUT2D eigenvalue weighted by atomic mass is 10.1. The van der Waals surface area contributed by atoms with Crippen LogP contribution in [-0.4, -0.2) is 36.3 Å². The summed E-state index contributed by atoms with van der Waals surface area (Å²) in [5, 5.41) is 0. The highest BCUT2D eigenvalue weighted by atomic mass is 16.5. The lowest BCUT2D eigenvalue weighted by Crippen LogP contribution is -2.39. The van der Waals surface area contributed by atoms with Gasteiger partial charge in [0.15, 0.2) is 0 Å². The van der Waals surface area contributed by atoms with Gasteiger partial charge in [0.05, 0.1) is 13.0 Å². The average molecular weight is 275 g/mol. The zero-order valence-corrected chi connectivity index (χ0v) is 11.9. The van der Waals surface area contributed by atoms with Gasteiger partial charge in [0.1, 0.15) is 11.5 Å². The number of piperidine rings is 1. The zero-order chi connectivity index (χ0) is 14.4. The Morgan fingerprint density at radius 3 is 2.65 bits per heavy atom. The molecule has 1 amide bonds. The van der Waals surface area contributed by atoms with Crippen molar-refractivity contribution in [2.75, 3.05) is 19.7 Å². The molecule has 108 valence electrons. The second-order valence-corrected chi connectivity index (χ2v) is 4.98. The van der Waals surface area contributed by atoms with Crippen LogP contribution in [0.15, 0.2) is 24.3 Å². The molecule has 1 aromatic carbocycles. The molecular formula is C16H21NO3. The summed E-state index contributed by atoms with van der Waals surface area (Å²) < 4.78 is 5.70. The van der Waals surface area contributed by atoms with E-state index in [1.54, 1.807) is 4.90 Å². The van der Waals surface area contributed by atoms with E-state index in [1.165, 1.54) is 0 Å². The van der Waals surface area contributed by atoms with E-state index in [0.717, 1.165) is 17.7 Å². The van der Waals surface area contributed by atoms with E-state index in [4.69, 9.17) is 4.74 Å². The van der Waals surface area contributed by atoms with Crippen molar-refractivity contribution in [2.45, 2.75) is 32.6 Å².